The minimum atomic E-state index is -1.01. The van der Waals surface area contributed by atoms with E-state index in [1.165, 1.54) is 11.0 Å². The predicted octanol–water partition coefficient (Wildman–Crippen LogP) is 2.57. The van der Waals surface area contributed by atoms with E-state index in [1.54, 1.807) is 20.8 Å². The van der Waals surface area contributed by atoms with Gasteiger partial charge in [0, 0.05) is 13.1 Å². The van der Waals surface area contributed by atoms with Crippen molar-refractivity contribution in [3.05, 3.63) is 12.7 Å². The Bertz CT molecular complexity index is 961. The first-order chi connectivity index (χ1) is 17.4. The number of ketones is 1. The van der Waals surface area contributed by atoms with Crippen LogP contribution in [0.1, 0.15) is 75.2 Å². The van der Waals surface area contributed by atoms with Crippen LogP contribution < -0.4 is 16.0 Å². The van der Waals surface area contributed by atoms with Crippen LogP contribution in [0.15, 0.2) is 12.7 Å². The normalized spacial score (nSPS) is 23.4. The number of likely N-dealkylation sites (tertiary alicyclic amines) is 1. The van der Waals surface area contributed by atoms with Crippen LogP contribution >= 0.6 is 0 Å². The Morgan fingerprint density at radius 3 is 2.18 bits per heavy atom. The Hall–Kier alpha value is -2.91. The van der Waals surface area contributed by atoms with E-state index < -0.39 is 52.8 Å². The van der Waals surface area contributed by atoms with Crippen molar-refractivity contribution in [2.45, 2.75) is 98.9 Å². The first-order valence-corrected chi connectivity index (χ1v) is 13.4. The molecular weight excluding hydrogens is 488 g/mol. The molecular formula is C28H46N4O6. The van der Waals surface area contributed by atoms with E-state index in [4.69, 9.17) is 4.74 Å². The lowest BCUT2D eigenvalue weighted by molar-refractivity contribution is -0.145. The van der Waals surface area contributed by atoms with E-state index in [1.807, 2.05) is 27.7 Å². The maximum absolute atomic E-state index is 13.9. The van der Waals surface area contributed by atoms with Gasteiger partial charge in [0.1, 0.15) is 17.7 Å². The number of nitrogens with one attached hydrogen (secondary N) is 3. The largest absolute Gasteiger partial charge is 0.444 e. The lowest BCUT2D eigenvalue weighted by atomic mass is 9.85. The average Bonchev–Trinajstić information content (AvgIpc) is 3.11. The Morgan fingerprint density at radius 1 is 1.08 bits per heavy atom. The van der Waals surface area contributed by atoms with Crippen molar-refractivity contribution >= 4 is 29.6 Å². The highest BCUT2D eigenvalue weighted by Gasteiger charge is 2.69. The van der Waals surface area contributed by atoms with Crippen LogP contribution in [0.2, 0.25) is 0 Å². The third-order valence-electron chi connectivity index (χ3n) is 7.38. The number of carbonyl (C=O) groups is 5. The minimum Gasteiger partial charge on any atom is -0.444 e. The van der Waals surface area contributed by atoms with Crippen LogP contribution in [-0.4, -0.2) is 71.3 Å². The molecule has 1 saturated carbocycles. The molecule has 214 valence electrons. The van der Waals surface area contributed by atoms with Crippen LogP contribution in [0.5, 0.6) is 0 Å². The van der Waals surface area contributed by atoms with Gasteiger partial charge in [0.05, 0.1) is 6.04 Å². The Kier molecular flexibility index (Phi) is 9.44. The molecule has 0 bridgehead atoms. The van der Waals surface area contributed by atoms with E-state index >= 15 is 0 Å². The molecule has 2 rings (SSSR count). The smallest absolute Gasteiger partial charge is 0.408 e. The van der Waals surface area contributed by atoms with Crippen molar-refractivity contribution in [2.75, 3.05) is 13.1 Å². The topological polar surface area (TPSA) is 134 Å². The second-order valence-corrected chi connectivity index (χ2v) is 13.0. The van der Waals surface area contributed by atoms with Crippen LogP contribution in [0, 0.1) is 22.7 Å². The van der Waals surface area contributed by atoms with Gasteiger partial charge in [-0.05, 0) is 49.9 Å². The number of piperidine rings is 1. The highest BCUT2D eigenvalue weighted by Crippen LogP contribution is 2.65. The molecule has 1 heterocycles. The number of ether oxygens (including phenoxy) is 1. The summed E-state index contributed by atoms with van der Waals surface area (Å²) < 4.78 is 5.39. The number of carbonyl (C=O) groups excluding carboxylic acids is 5. The molecule has 10 heteroatoms. The van der Waals surface area contributed by atoms with Gasteiger partial charge in [0.25, 0.3) is 5.91 Å². The van der Waals surface area contributed by atoms with Crippen molar-refractivity contribution < 1.29 is 28.7 Å². The zero-order valence-corrected chi connectivity index (χ0v) is 24.4. The molecule has 2 fully saturated rings. The van der Waals surface area contributed by atoms with Crippen molar-refractivity contribution in [1.29, 1.82) is 0 Å². The van der Waals surface area contributed by atoms with Crippen LogP contribution in [-0.2, 0) is 23.9 Å². The average molecular weight is 535 g/mol. The number of Topliss-reactive ketones (excluding diaryl/α,β-unsaturated/α-hetero) is 1. The second-order valence-electron chi connectivity index (χ2n) is 13.0. The molecule has 3 N–H and O–H groups in total. The second kappa shape index (κ2) is 11.5. The standard InChI is InChI=1S/C28H46N4O6/c1-11-13-17(20(33)23(35)29-14-12-2)30-22(34)19-18-16(28(18,9)10)15-32(19)24(36)21(26(3,4)5)31-25(37)38-27(6,7)8/h12,16-19,21H,2,11,13-15H2,1,3-10H3,(H,29,35)(H,30,34)(H,31,37)/t16-,17?,18-,19?,21?/m1/s1. The van der Waals surface area contributed by atoms with Crippen LogP contribution in [0.4, 0.5) is 4.79 Å². The molecule has 1 saturated heterocycles. The molecule has 0 aromatic heterocycles. The number of alkyl carbamates (subject to hydrolysis) is 1. The zero-order valence-electron chi connectivity index (χ0n) is 24.4. The Morgan fingerprint density at radius 2 is 1.68 bits per heavy atom. The summed E-state index contributed by atoms with van der Waals surface area (Å²) in [5.41, 5.74) is -1.56. The highest BCUT2D eigenvalue weighted by molar-refractivity contribution is 6.38. The van der Waals surface area contributed by atoms with E-state index in [2.05, 4.69) is 36.4 Å². The summed E-state index contributed by atoms with van der Waals surface area (Å²) in [5.74, 6) is -2.36. The Labute approximate surface area is 226 Å². The number of hydrogen-bond donors (Lipinski definition) is 3. The molecule has 0 aromatic rings. The zero-order chi connectivity index (χ0) is 29.2. The van der Waals surface area contributed by atoms with Gasteiger partial charge in [-0.2, -0.15) is 0 Å². The van der Waals surface area contributed by atoms with Crippen molar-refractivity contribution in [1.82, 2.24) is 20.9 Å². The lowest BCUT2D eigenvalue weighted by Gasteiger charge is -2.38. The first kappa shape index (κ1) is 31.3. The summed E-state index contributed by atoms with van der Waals surface area (Å²) >= 11 is 0. The molecule has 5 atom stereocenters. The number of amides is 4. The summed E-state index contributed by atoms with van der Waals surface area (Å²) in [7, 11) is 0. The Balaban J connectivity index is 2.30. The van der Waals surface area contributed by atoms with Gasteiger partial charge >= 0.3 is 6.09 Å². The molecule has 0 aromatic carbocycles. The van der Waals surface area contributed by atoms with E-state index in [-0.39, 0.29) is 36.1 Å². The monoisotopic (exact) mass is 534 g/mol. The predicted molar refractivity (Wildman–Crippen MR) is 144 cm³/mol. The van der Waals surface area contributed by atoms with Crippen molar-refractivity contribution in [3.63, 3.8) is 0 Å². The van der Waals surface area contributed by atoms with E-state index in [0.29, 0.717) is 13.0 Å². The molecule has 0 radical (unpaired) electrons. The van der Waals surface area contributed by atoms with E-state index in [0.717, 1.165) is 0 Å². The molecule has 4 amide bonds. The molecule has 10 nitrogen and oxygen atoms in total. The van der Waals surface area contributed by atoms with Gasteiger partial charge in [-0.25, -0.2) is 4.79 Å². The summed E-state index contributed by atoms with van der Waals surface area (Å²) in [6.45, 7) is 20.7. The highest BCUT2D eigenvalue weighted by atomic mass is 16.6. The van der Waals surface area contributed by atoms with Gasteiger partial charge < -0.3 is 25.6 Å². The lowest BCUT2D eigenvalue weighted by Crippen LogP contribution is -2.60. The molecule has 2 aliphatic rings. The quantitative estimate of drug-likeness (QED) is 0.291. The summed E-state index contributed by atoms with van der Waals surface area (Å²) in [5, 5.41) is 7.94. The van der Waals surface area contributed by atoms with Gasteiger partial charge in [0.2, 0.25) is 17.6 Å². The summed E-state index contributed by atoms with van der Waals surface area (Å²) in [6, 6.07) is -2.77. The summed E-state index contributed by atoms with van der Waals surface area (Å²) in [6.07, 6.45) is 1.61. The molecule has 0 spiro atoms. The molecule has 3 unspecified atom stereocenters. The fourth-order valence-electron chi connectivity index (χ4n) is 5.28. The third-order valence-corrected chi connectivity index (χ3v) is 7.38. The molecule has 1 aliphatic carbocycles. The van der Waals surface area contributed by atoms with Crippen molar-refractivity contribution in [2.24, 2.45) is 22.7 Å². The summed E-state index contributed by atoms with van der Waals surface area (Å²) in [4.78, 5) is 66.8. The first-order valence-electron chi connectivity index (χ1n) is 13.4. The van der Waals surface area contributed by atoms with Crippen LogP contribution in [0.3, 0.4) is 0 Å². The van der Waals surface area contributed by atoms with Crippen LogP contribution in [0.25, 0.3) is 0 Å². The fraction of sp³-hybridized carbons (Fsp3) is 0.750. The fourth-order valence-corrected chi connectivity index (χ4v) is 5.28. The van der Waals surface area contributed by atoms with Gasteiger partial charge in [-0.3, -0.25) is 19.2 Å². The van der Waals surface area contributed by atoms with E-state index in [9.17, 15) is 24.0 Å². The molecule has 1 aliphatic heterocycles. The minimum absolute atomic E-state index is 0.0967. The van der Waals surface area contributed by atoms with Gasteiger partial charge in [-0.1, -0.05) is 54.0 Å². The van der Waals surface area contributed by atoms with Gasteiger partial charge in [-0.15, -0.1) is 6.58 Å². The van der Waals surface area contributed by atoms with Gasteiger partial charge in [0.15, 0.2) is 0 Å². The number of fused-ring (bicyclic) bond motifs is 1. The molecule has 38 heavy (non-hydrogen) atoms. The van der Waals surface area contributed by atoms with Crippen molar-refractivity contribution in [3.8, 4) is 0 Å². The number of rotatable bonds is 10. The number of nitrogens with zero attached hydrogens (tertiary/aromatic N) is 1. The SMILES string of the molecule is C=CCNC(=O)C(=O)C(CCC)NC(=O)C1[C@H]2[C@@H](CN1C(=O)C(NC(=O)OC(C)(C)C)C(C)(C)C)C2(C)C. The third kappa shape index (κ3) is 7.14. The maximum atomic E-state index is 13.9. The number of hydrogen-bond acceptors (Lipinski definition) is 6. The maximum Gasteiger partial charge on any atom is 0.408 e.